The molecule has 0 amide bonds. The molecule has 0 radical (unpaired) electrons. The highest BCUT2D eigenvalue weighted by molar-refractivity contribution is 5.93. The molecule has 3 heteroatoms. The summed E-state index contributed by atoms with van der Waals surface area (Å²) in [5, 5.41) is 11.9. The monoisotopic (exact) mass is 232 g/mol. The quantitative estimate of drug-likeness (QED) is 0.823. The predicted octanol–water partition coefficient (Wildman–Crippen LogP) is 3.09. The molecule has 0 aliphatic rings. The molecule has 0 aliphatic carbocycles. The lowest BCUT2D eigenvalue weighted by Gasteiger charge is -2.13. The Morgan fingerprint density at radius 2 is 2.00 bits per heavy atom. The maximum Gasteiger partial charge on any atom is 0.188 e. The Morgan fingerprint density at radius 3 is 2.71 bits per heavy atom. The van der Waals surface area contributed by atoms with Gasteiger partial charge >= 0.3 is 0 Å². The Morgan fingerprint density at radius 1 is 1.18 bits per heavy atom. The highest BCUT2D eigenvalue weighted by atomic mass is 16.7. The summed E-state index contributed by atoms with van der Waals surface area (Å²) in [7, 11) is 1.56. The maximum absolute atomic E-state index is 9.87. The summed E-state index contributed by atoms with van der Waals surface area (Å²) in [6.07, 6.45) is 0.893. The first-order valence-electron chi connectivity index (χ1n) is 5.63. The van der Waals surface area contributed by atoms with Crippen molar-refractivity contribution in [3.63, 3.8) is 0 Å². The van der Waals surface area contributed by atoms with Crippen LogP contribution in [0.3, 0.4) is 0 Å². The second-order valence-corrected chi connectivity index (χ2v) is 3.83. The van der Waals surface area contributed by atoms with Crippen molar-refractivity contribution in [3.8, 4) is 11.5 Å². The van der Waals surface area contributed by atoms with Crippen LogP contribution in [-0.2, 0) is 11.2 Å². The van der Waals surface area contributed by atoms with Crippen molar-refractivity contribution in [1.82, 2.24) is 0 Å². The van der Waals surface area contributed by atoms with Gasteiger partial charge in [-0.15, -0.1) is 0 Å². The first kappa shape index (κ1) is 11.7. The zero-order valence-electron chi connectivity index (χ0n) is 10.1. The Labute approximate surface area is 101 Å². The standard InChI is InChI=1S/C14H16O3/c1-3-10-5-4-6-11-7-8-12(15)14(13(10)11)17-9-16-2/h4-8,15H,3,9H2,1-2H3. The van der Waals surface area contributed by atoms with Crippen molar-refractivity contribution in [2.24, 2.45) is 0 Å². The largest absolute Gasteiger partial charge is 0.504 e. The summed E-state index contributed by atoms with van der Waals surface area (Å²) in [5.74, 6) is 0.650. The number of aryl methyl sites for hydroxylation is 1. The molecule has 3 nitrogen and oxygen atoms in total. The van der Waals surface area contributed by atoms with Crippen molar-refractivity contribution >= 4 is 10.8 Å². The van der Waals surface area contributed by atoms with Gasteiger partial charge in [-0.2, -0.15) is 0 Å². The predicted molar refractivity (Wildman–Crippen MR) is 67.5 cm³/mol. The van der Waals surface area contributed by atoms with E-state index in [0.29, 0.717) is 5.75 Å². The number of methoxy groups -OCH3 is 1. The number of aromatic hydroxyl groups is 1. The van der Waals surface area contributed by atoms with E-state index in [1.165, 1.54) is 0 Å². The highest BCUT2D eigenvalue weighted by Crippen LogP contribution is 2.37. The molecule has 0 unspecified atom stereocenters. The average Bonchev–Trinajstić information content (AvgIpc) is 2.37. The van der Waals surface area contributed by atoms with Gasteiger partial charge in [0.25, 0.3) is 0 Å². The van der Waals surface area contributed by atoms with Crippen LogP contribution in [0.15, 0.2) is 30.3 Å². The summed E-state index contributed by atoms with van der Waals surface area (Å²) in [4.78, 5) is 0. The average molecular weight is 232 g/mol. The molecule has 90 valence electrons. The van der Waals surface area contributed by atoms with E-state index in [-0.39, 0.29) is 12.5 Å². The summed E-state index contributed by atoms with van der Waals surface area (Å²) in [6.45, 7) is 2.21. The first-order valence-corrected chi connectivity index (χ1v) is 5.63. The lowest BCUT2D eigenvalue weighted by atomic mass is 10.0. The van der Waals surface area contributed by atoms with Crippen LogP contribution < -0.4 is 4.74 Å². The van der Waals surface area contributed by atoms with E-state index in [4.69, 9.17) is 9.47 Å². The van der Waals surface area contributed by atoms with Crippen LogP contribution in [0.4, 0.5) is 0 Å². The number of fused-ring (bicyclic) bond motifs is 1. The van der Waals surface area contributed by atoms with E-state index in [0.717, 1.165) is 22.8 Å². The van der Waals surface area contributed by atoms with E-state index in [2.05, 4.69) is 6.92 Å². The highest BCUT2D eigenvalue weighted by Gasteiger charge is 2.11. The molecule has 2 rings (SSSR count). The van der Waals surface area contributed by atoms with Gasteiger partial charge in [-0.25, -0.2) is 0 Å². The molecule has 0 bridgehead atoms. The Balaban J connectivity index is 2.64. The van der Waals surface area contributed by atoms with Gasteiger partial charge < -0.3 is 14.6 Å². The van der Waals surface area contributed by atoms with Gasteiger partial charge in [0.2, 0.25) is 0 Å². The zero-order chi connectivity index (χ0) is 12.3. The normalized spacial score (nSPS) is 10.7. The van der Waals surface area contributed by atoms with Gasteiger partial charge in [0.1, 0.15) is 0 Å². The summed E-state index contributed by atoms with van der Waals surface area (Å²) < 4.78 is 10.4. The van der Waals surface area contributed by atoms with Gasteiger partial charge in [0.05, 0.1) is 0 Å². The molecule has 0 saturated heterocycles. The first-order chi connectivity index (χ1) is 8.27. The van der Waals surface area contributed by atoms with Crippen LogP contribution in [0.25, 0.3) is 10.8 Å². The summed E-state index contributed by atoms with van der Waals surface area (Å²) >= 11 is 0. The van der Waals surface area contributed by atoms with E-state index >= 15 is 0 Å². The molecule has 0 atom stereocenters. The lowest BCUT2D eigenvalue weighted by molar-refractivity contribution is 0.0503. The fourth-order valence-electron chi connectivity index (χ4n) is 1.97. The van der Waals surface area contributed by atoms with Crippen LogP contribution in [-0.4, -0.2) is 19.0 Å². The Kier molecular flexibility index (Phi) is 3.49. The molecule has 0 aliphatic heterocycles. The van der Waals surface area contributed by atoms with Crippen LogP contribution in [0.1, 0.15) is 12.5 Å². The molecule has 0 spiro atoms. The van der Waals surface area contributed by atoms with Gasteiger partial charge in [-0.3, -0.25) is 0 Å². The molecule has 0 aromatic heterocycles. The molecule has 0 fully saturated rings. The zero-order valence-corrected chi connectivity index (χ0v) is 10.1. The Bertz CT molecular complexity index is 520. The maximum atomic E-state index is 9.87. The van der Waals surface area contributed by atoms with Crippen LogP contribution in [0.2, 0.25) is 0 Å². The van der Waals surface area contributed by atoms with Crippen molar-refractivity contribution < 1.29 is 14.6 Å². The number of phenols is 1. The minimum absolute atomic E-state index is 0.130. The van der Waals surface area contributed by atoms with E-state index in [1.54, 1.807) is 13.2 Å². The second kappa shape index (κ2) is 5.06. The van der Waals surface area contributed by atoms with E-state index in [1.807, 2.05) is 24.3 Å². The van der Waals surface area contributed by atoms with Crippen molar-refractivity contribution in [2.45, 2.75) is 13.3 Å². The van der Waals surface area contributed by atoms with E-state index < -0.39 is 0 Å². The Hall–Kier alpha value is -1.74. The molecule has 17 heavy (non-hydrogen) atoms. The molecular formula is C14H16O3. The van der Waals surface area contributed by atoms with E-state index in [9.17, 15) is 5.11 Å². The topological polar surface area (TPSA) is 38.7 Å². The van der Waals surface area contributed by atoms with Gasteiger partial charge in [-0.1, -0.05) is 31.2 Å². The SMILES string of the molecule is CCc1cccc2ccc(O)c(OCOC)c12. The summed E-state index contributed by atoms with van der Waals surface area (Å²) in [6, 6.07) is 9.60. The van der Waals surface area contributed by atoms with Crippen molar-refractivity contribution in [1.29, 1.82) is 0 Å². The second-order valence-electron chi connectivity index (χ2n) is 3.83. The molecule has 1 N–H and O–H groups in total. The number of rotatable bonds is 4. The third-order valence-corrected chi connectivity index (χ3v) is 2.77. The van der Waals surface area contributed by atoms with Gasteiger partial charge in [-0.05, 0) is 23.4 Å². The minimum atomic E-state index is 0.130. The number of ether oxygens (including phenoxy) is 2. The number of benzene rings is 2. The fourth-order valence-corrected chi connectivity index (χ4v) is 1.97. The van der Waals surface area contributed by atoms with Crippen LogP contribution >= 0.6 is 0 Å². The fraction of sp³-hybridized carbons (Fsp3) is 0.286. The third-order valence-electron chi connectivity index (χ3n) is 2.77. The van der Waals surface area contributed by atoms with Crippen LogP contribution in [0.5, 0.6) is 11.5 Å². The third kappa shape index (κ3) is 2.19. The van der Waals surface area contributed by atoms with Crippen molar-refractivity contribution in [2.75, 3.05) is 13.9 Å². The minimum Gasteiger partial charge on any atom is -0.504 e. The molecular weight excluding hydrogens is 216 g/mol. The van der Waals surface area contributed by atoms with Crippen LogP contribution in [0, 0.1) is 0 Å². The molecule has 0 saturated carbocycles. The lowest BCUT2D eigenvalue weighted by Crippen LogP contribution is -2.00. The number of hydrogen-bond donors (Lipinski definition) is 1. The summed E-state index contributed by atoms with van der Waals surface area (Å²) in [5.41, 5.74) is 1.16. The van der Waals surface area contributed by atoms with Gasteiger partial charge in [0.15, 0.2) is 18.3 Å². The molecule has 2 aromatic carbocycles. The molecule has 0 heterocycles. The van der Waals surface area contributed by atoms with Gasteiger partial charge in [0, 0.05) is 12.5 Å². The molecule has 2 aromatic rings. The van der Waals surface area contributed by atoms with Crippen molar-refractivity contribution in [3.05, 3.63) is 35.9 Å². The number of hydrogen-bond acceptors (Lipinski definition) is 3. The number of phenolic OH excluding ortho intramolecular Hbond substituents is 1. The smallest absolute Gasteiger partial charge is 0.188 e.